The van der Waals surface area contributed by atoms with Crippen molar-refractivity contribution in [2.24, 2.45) is 5.10 Å². The van der Waals surface area contributed by atoms with Crippen LogP contribution in [0.5, 0.6) is 0 Å². The molecule has 0 heterocycles. The van der Waals surface area contributed by atoms with E-state index in [0.717, 1.165) is 6.42 Å². The lowest BCUT2D eigenvalue weighted by molar-refractivity contribution is -0.876. The Kier molecular flexibility index (Phi) is 15.8. The lowest BCUT2D eigenvalue weighted by atomic mass is 10.1. The van der Waals surface area contributed by atoms with Crippen molar-refractivity contribution >= 4 is 6.21 Å². The third kappa shape index (κ3) is 18.7. The van der Waals surface area contributed by atoms with E-state index in [2.05, 4.69) is 39.4 Å². The van der Waals surface area contributed by atoms with Gasteiger partial charge < -0.3 is 24.0 Å². The molecule has 0 aliphatic carbocycles. The average Bonchev–Trinajstić information content (AvgIpc) is 2.24. The van der Waals surface area contributed by atoms with Crippen molar-refractivity contribution in [2.75, 3.05) is 21.1 Å². The van der Waals surface area contributed by atoms with E-state index >= 15 is 0 Å². The van der Waals surface area contributed by atoms with Gasteiger partial charge in [-0.05, 0) is 12.8 Å². The normalized spacial score (nSPS) is 11.8. The van der Waals surface area contributed by atoms with Crippen LogP contribution < -0.4 is 24.0 Å². The number of unbranched alkanes of at least 4 members (excludes halogenated alkanes) is 9. The molecule has 0 saturated carbocycles. The highest BCUT2D eigenvalue weighted by Crippen LogP contribution is 2.10. The highest BCUT2D eigenvalue weighted by atomic mass is 127. The number of quaternary nitrogens is 1. The second-order valence-corrected chi connectivity index (χ2v) is 5.86. The molecule has 0 bridgehead atoms. The van der Waals surface area contributed by atoms with Crippen molar-refractivity contribution < 1.29 is 28.6 Å². The lowest BCUT2D eigenvalue weighted by Crippen LogP contribution is -3.00. The van der Waals surface area contributed by atoms with Gasteiger partial charge in [0.05, 0.1) is 27.4 Å². The van der Waals surface area contributed by atoms with Crippen LogP contribution in [-0.4, -0.2) is 31.9 Å². The fraction of sp³-hybridized carbons (Fsp3) is 0.933. The SMILES string of the molecule is CCCCCCCCCCCC=N[N+](C)(C)C.[I-]. The summed E-state index contributed by atoms with van der Waals surface area (Å²) in [6.07, 6.45) is 15.8. The number of hydrogen-bond donors (Lipinski definition) is 0. The van der Waals surface area contributed by atoms with E-state index < -0.39 is 0 Å². The fourth-order valence-electron chi connectivity index (χ4n) is 1.85. The predicted molar refractivity (Wildman–Crippen MR) is 78.4 cm³/mol. The van der Waals surface area contributed by atoms with Gasteiger partial charge in [-0.1, -0.05) is 63.4 Å². The second-order valence-electron chi connectivity index (χ2n) is 5.86. The fourth-order valence-corrected chi connectivity index (χ4v) is 1.85. The smallest absolute Gasteiger partial charge is 0.0923 e. The largest absolute Gasteiger partial charge is 1.00 e. The van der Waals surface area contributed by atoms with Gasteiger partial charge in [-0.15, -0.1) is 0 Å². The Labute approximate surface area is 132 Å². The van der Waals surface area contributed by atoms with E-state index in [0.29, 0.717) is 4.59 Å². The third-order valence-electron chi connectivity index (χ3n) is 2.86. The summed E-state index contributed by atoms with van der Waals surface area (Å²) in [4.78, 5) is 0. The van der Waals surface area contributed by atoms with E-state index in [1.165, 1.54) is 57.8 Å². The van der Waals surface area contributed by atoms with Gasteiger partial charge in [0.2, 0.25) is 0 Å². The van der Waals surface area contributed by atoms with E-state index in [-0.39, 0.29) is 24.0 Å². The quantitative estimate of drug-likeness (QED) is 0.173. The van der Waals surface area contributed by atoms with Crippen LogP contribution in [0.3, 0.4) is 0 Å². The molecule has 0 fully saturated rings. The van der Waals surface area contributed by atoms with Crippen LogP contribution in [0.2, 0.25) is 0 Å². The molecule has 0 aliphatic heterocycles. The summed E-state index contributed by atoms with van der Waals surface area (Å²) < 4.78 is 0.692. The van der Waals surface area contributed by atoms with Crippen molar-refractivity contribution in [1.82, 2.24) is 0 Å². The zero-order chi connectivity index (χ0) is 13.0. The van der Waals surface area contributed by atoms with Gasteiger partial charge in [-0.25, -0.2) is 4.59 Å². The minimum absolute atomic E-state index is 0. The van der Waals surface area contributed by atoms with Crippen LogP contribution in [0.1, 0.15) is 71.1 Å². The van der Waals surface area contributed by atoms with Crippen molar-refractivity contribution in [2.45, 2.75) is 71.1 Å². The third-order valence-corrected chi connectivity index (χ3v) is 2.86. The second kappa shape index (κ2) is 13.8. The van der Waals surface area contributed by atoms with Gasteiger partial charge in [-0.2, -0.15) is 0 Å². The van der Waals surface area contributed by atoms with Gasteiger partial charge in [0.1, 0.15) is 0 Å². The molecule has 2 nitrogen and oxygen atoms in total. The van der Waals surface area contributed by atoms with Crippen LogP contribution in [0, 0.1) is 0 Å². The van der Waals surface area contributed by atoms with Crippen LogP contribution >= 0.6 is 0 Å². The van der Waals surface area contributed by atoms with Crippen LogP contribution in [-0.2, 0) is 0 Å². The first-order chi connectivity index (χ1) is 8.06. The van der Waals surface area contributed by atoms with Crippen molar-refractivity contribution in [3.63, 3.8) is 0 Å². The van der Waals surface area contributed by atoms with Gasteiger partial charge in [0.15, 0.2) is 0 Å². The molecule has 0 aliphatic rings. The molecular weight excluding hydrogens is 335 g/mol. The zero-order valence-electron chi connectivity index (χ0n) is 12.9. The summed E-state index contributed by atoms with van der Waals surface area (Å²) in [6.45, 7) is 2.28. The van der Waals surface area contributed by atoms with E-state index in [4.69, 9.17) is 0 Å². The Morgan fingerprint density at radius 1 is 0.778 bits per heavy atom. The minimum Gasteiger partial charge on any atom is -1.00 e. The van der Waals surface area contributed by atoms with Gasteiger partial charge >= 0.3 is 0 Å². The van der Waals surface area contributed by atoms with Gasteiger partial charge in [0, 0.05) is 0 Å². The topological polar surface area (TPSA) is 12.4 Å². The Balaban J connectivity index is 0. The van der Waals surface area contributed by atoms with Gasteiger partial charge in [0.25, 0.3) is 0 Å². The monoisotopic (exact) mass is 368 g/mol. The average molecular weight is 368 g/mol. The standard InChI is InChI=1S/C15H33N2.HI/c1-5-6-7-8-9-10-11-12-13-14-15-16-17(2,3)4;/h15H,5-14H2,1-4H3;1H/q+1;/p-1. The molecule has 0 unspecified atom stereocenters. The Bertz CT molecular complexity index is 185. The summed E-state index contributed by atoms with van der Waals surface area (Å²) >= 11 is 0. The molecule has 0 N–H and O–H groups in total. The number of rotatable bonds is 11. The van der Waals surface area contributed by atoms with Crippen molar-refractivity contribution in [1.29, 1.82) is 0 Å². The minimum atomic E-state index is 0. The van der Waals surface area contributed by atoms with E-state index in [1.54, 1.807) is 0 Å². The summed E-state index contributed by atoms with van der Waals surface area (Å²) in [5.74, 6) is 0. The van der Waals surface area contributed by atoms with E-state index in [1.807, 2.05) is 0 Å². The molecule has 3 heteroatoms. The van der Waals surface area contributed by atoms with E-state index in [9.17, 15) is 0 Å². The molecule has 110 valence electrons. The first-order valence-electron chi connectivity index (χ1n) is 7.42. The lowest BCUT2D eigenvalue weighted by Gasteiger charge is -2.14. The molecule has 0 spiro atoms. The molecule has 0 amide bonds. The first kappa shape index (κ1) is 20.7. The Morgan fingerprint density at radius 2 is 1.22 bits per heavy atom. The highest BCUT2D eigenvalue weighted by molar-refractivity contribution is 5.55. The van der Waals surface area contributed by atoms with Gasteiger partial charge in [-0.3, -0.25) is 0 Å². The zero-order valence-corrected chi connectivity index (χ0v) is 15.1. The molecular formula is C15H33IN2. The highest BCUT2D eigenvalue weighted by Gasteiger charge is 2.00. The molecule has 18 heavy (non-hydrogen) atoms. The maximum Gasteiger partial charge on any atom is 0.0923 e. The number of halogens is 1. The van der Waals surface area contributed by atoms with Crippen LogP contribution in [0.25, 0.3) is 0 Å². The molecule has 0 saturated heterocycles. The molecule has 0 rings (SSSR count). The van der Waals surface area contributed by atoms with Crippen LogP contribution in [0.15, 0.2) is 5.10 Å². The van der Waals surface area contributed by atoms with Crippen molar-refractivity contribution in [3.8, 4) is 0 Å². The van der Waals surface area contributed by atoms with Crippen LogP contribution in [0.4, 0.5) is 0 Å². The Hall–Kier alpha value is 0.360. The predicted octanol–water partition coefficient (Wildman–Crippen LogP) is 1.60. The molecule has 0 aromatic rings. The summed E-state index contributed by atoms with van der Waals surface area (Å²) in [7, 11) is 6.27. The molecule has 0 aromatic carbocycles. The maximum absolute atomic E-state index is 4.44. The summed E-state index contributed by atoms with van der Waals surface area (Å²) in [5.41, 5.74) is 0. The number of hydrogen-bond acceptors (Lipinski definition) is 1. The Morgan fingerprint density at radius 3 is 1.67 bits per heavy atom. The summed E-state index contributed by atoms with van der Waals surface area (Å²) in [6, 6.07) is 0. The molecule has 0 atom stereocenters. The maximum atomic E-state index is 4.44. The molecule has 0 radical (unpaired) electrons. The van der Waals surface area contributed by atoms with Crippen molar-refractivity contribution in [3.05, 3.63) is 0 Å². The first-order valence-corrected chi connectivity index (χ1v) is 7.42. The summed E-state index contributed by atoms with van der Waals surface area (Å²) in [5, 5.41) is 4.44. The number of nitrogens with zero attached hydrogens (tertiary/aromatic N) is 2. The molecule has 0 aromatic heterocycles.